The number of benzene rings is 2. The van der Waals surface area contributed by atoms with E-state index in [1.54, 1.807) is 0 Å². The Kier molecular flexibility index (Phi) is 6.39. The topological polar surface area (TPSA) is 207 Å². The number of carboxylic acid groups (broad SMARTS) is 1. The number of carbonyl (C=O) groups excluding carboxylic acids is 3. The third-order valence-electron chi connectivity index (χ3n) is 6.24. The summed E-state index contributed by atoms with van der Waals surface area (Å²) in [6, 6.07) is 4.71. The Morgan fingerprint density at radius 2 is 1.74 bits per heavy atom. The lowest BCUT2D eigenvalue weighted by atomic mass is 10.0. The van der Waals surface area contributed by atoms with Gasteiger partial charge in [0.05, 0.1) is 5.39 Å². The Bertz CT molecular complexity index is 1630. The summed E-state index contributed by atoms with van der Waals surface area (Å²) in [6.07, 6.45) is 2.24. The van der Waals surface area contributed by atoms with Crippen molar-refractivity contribution in [3.8, 4) is 17.2 Å². The molecule has 1 aromatic heterocycles. The predicted molar refractivity (Wildman–Crippen MR) is 135 cm³/mol. The van der Waals surface area contributed by atoms with Crippen LogP contribution in [-0.2, 0) is 14.4 Å². The monoisotopic (exact) mass is 553 g/mol. The van der Waals surface area contributed by atoms with Gasteiger partial charge in [-0.25, -0.2) is 4.79 Å². The van der Waals surface area contributed by atoms with Crippen LogP contribution < -0.4 is 16.1 Å². The summed E-state index contributed by atoms with van der Waals surface area (Å²) in [7, 11) is 0. The molecular weight excluding hydrogens is 534 g/mol. The molecule has 0 bridgehead atoms. The number of fused-ring (bicyclic) bond motifs is 2. The van der Waals surface area contributed by atoms with Crippen molar-refractivity contribution in [1.29, 1.82) is 0 Å². The molecule has 6 N–H and O–H groups in total. The summed E-state index contributed by atoms with van der Waals surface area (Å²) >= 11 is 1.25. The first-order valence-corrected chi connectivity index (χ1v) is 12.4. The number of rotatable bonds is 6. The van der Waals surface area contributed by atoms with E-state index in [1.807, 2.05) is 0 Å². The fraction of sp³-hybridized carbons (Fsp3) is 0.160. The summed E-state index contributed by atoms with van der Waals surface area (Å²) < 4.78 is 5.27. The van der Waals surface area contributed by atoms with Crippen LogP contribution in [0.25, 0.3) is 11.0 Å². The van der Waals surface area contributed by atoms with Gasteiger partial charge in [0.1, 0.15) is 46.3 Å². The highest BCUT2D eigenvalue weighted by Crippen LogP contribution is 2.37. The van der Waals surface area contributed by atoms with Crippen molar-refractivity contribution in [3.63, 3.8) is 0 Å². The maximum Gasteiger partial charge on any atom is 0.352 e. The molecule has 39 heavy (non-hydrogen) atoms. The van der Waals surface area contributed by atoms with E-state index < -0.39 is 63.6 Å². The number of nitrogens with one attached hydrogen (secondary N) is 2. The molecule has 3 aromatic rings. The normalized spacial score (nSPS) is 18.9. The van der Waals surface area contributed by atoms with E-state index >= 15 is 0 Å². The van der Waals surface area contributed by atoms with E-state index in [0.29, 0.717) is 5.75 Å². The number of hydrogen-bond acceptors (Lipinski definition) is 10. The molecule has 3 heterocycles. The Labute approximate surface area is 222 Å². The van der Waals surface area contributed by atoms with Crippen LogP contribution in [0.4, 0.5) is 0 Å². The second-order valence-electron chi connectivity index (χ2n) is 8.63. The van der Waals surface area contributed by atoms with Gasteiger partial charge in [-0.05, 0) is 29.8 Å². The third-order valence-corrected chi connectivity index (χ3v) is 7.43. The van der Waals surface area contributed by atoms with Gasteiger partial charge < -0.3 is 35.5 Å². The summed E-state index contributed by atoms with van der Waals surface area (Å²) in [5, 5.41) is 42.5. The zero-order chi connectivity index (χ0) is 28.0. The first kappa shape index (κ1) is 25.7. The van der Waals surface area contributed by atoms with Gasteiger partial charge in [0.15, 0.2) is 11.5 Å². The highest BCUT2D eigenvalue weighted by Gasteiger charge is 2.53. The average molecular weight is 554 g/mol. The highest BCUT2D eigenvalue weighted by atomic mass is 32.2. The Morgan fingerprint density at radius 3 is 2.44 bits per heavy atom. The zero-order valence-electron chi connectivity index (χ0n) is 19.7. The number of hydrogen-bond donors (Lipinski definition) is 6. The Morgan fingerprint density at radius 1 is 1.05 bits per heavy atom. The summed E-state index contributed by atoms with van der Waals surface area (Å²) in [5.74, 6) is -4.69. The molecule has 1 fully saturated rings. The van der Waals surface area contributed by atoms with Crippen LogP contribution in [0.2, 0.25) is 0 Å². The number of amides is 3. The molecule has 13 nitrogen and oxygen atoms in total. The van der Waals surface area contributed by atoms with E-state index in [4.69, 9.17) is 4.42 Å². The van der Waals surface area contributed by atoms with Crippen molar-refractivity contribution in [1.82, 2.24) is 15.5 Å². The number of thioether (sulfide) groups is 1. The smallest absolute Gasteiger partial charge is 0.352 e. The number of phenolic OH excluding ortho intramolecular Hbond substituents is 3. The fourth-order valence-corrected chi connectivity index (χ4v) is 5.46. The summed E-state index contributed by atoms with van der Waals surface area (Å²) in [4.78, 5) is 64.6. The van der Waals surface area contributed by atoms with E-state index in [-0.39, 0.29) is 28.0 Å². The SMILES string of the molecule is O=C(O)C1=CCS[C@H]2[C@H](NC(=O)C(NC(=O)c3coc4cc(O)c(O)cc4c3=O)c3ccc(O)cc3)C(=O)N12. The van der Waals surface area contributed by atoms with Gasteiger partial charge in [-0.3, -0.25) is 24.1 Å². The van der Waals surface area contributed by atoms with E-state index in [2.05, 4.69) is 10.6 Å². The molecule has 5 rings (SSSR count). The highest BCUT2D eigenvalue weighted by molar-refractivity contribution is 8.00. The summed E-state index contributed by atoms with van der Waals surface area (Å²) in [5.41, 5.74) is -1.41. The van der Waals surface area contributed by atoms with Crippen LogP contribution in [0.15, 0.2) is 63.6 Å². The van der Waals surface area contributed by atoms with E-state index in [9.17, 15) is 44.4 Å². The number of phenols is 3. The fourth-order valence-electron chi connectivity index (χ4n) is 4.26. The number of aliphatic carboxylic acids is 1. The van der Waals surface area contributed by atoms with Gasteiger partial charge in [0, 0.05) is 11.8 Å². The number of carboxylic acids is 1. The molecule has 14 heteroatoms. The largest absolute Gasteiger partial charge is 0.508 e. The number of aromatic hydroxyl groups is 3. The molecule has 2 aliphatic rings. The van der Waals surface area contributed by atoms with Gasteiger partial charge in [-0.15, -0.1) is 11.8 Å². The Hall–Kier alpha value is -4.98. The van der Waals surface area contributed by atoms with Crippen molar-refractivity contribution in [3.05, 3.63) is 75.8 Å². The molecule has 200 valence electrons. The van der Waals surface area contributed by atoms with Gasteiger partial charge >= 0.3 is 5.97 Å². The molecule has 3 amide bonds. The molecule has 1 unspecified atom stereocenters. The van der Waals surface area contributed by atoms with Gasteiger partial charge in [0.2, 0.25) is 11.3 Å². The van der Waals surface area contributed by atoms with Crippen molar-refractivity contribution in [2.45, 2.75) is 17.5 Å². The van der Waals surface area contributed by atoms with Crippen molar-refractivity contribution < 1.29 is 44.0 Å². The molecule has 0 aliphatic carbocycles. The van der Waals surface area contributed by atoms with Crippen LogP contribution in [-0.4, -0.2) is 66.2 Å². The van der Waals surface area contributed by atoms with Crippen LogP contribution in [0.5, 0.6) is 17.2 Å². The van der Waals surface area contributed by atoms with Gasteiger partial charge in [0.25, 0.3) is 11.8 Å². The van der Waals surface area contributed by atoms with Gasteiger partial charge in [-0.1, -0.05) is 12.1 Å². The third kappa shape index (κ3) is 4.50. The molecule has 0 radical (unpaired) electrons. The van der Waals surface area contributed by atoms with E-state index in [1.165, 1.54) is 42.1 Å². The second kappa shape index (κ2) is 9.72. The zero-order valence-corrected chi connectivity index (χ0v) is 20.5. The first-order chi connectivity index (χ1) is 18.6. The molecule has 1 saturated heterocycles. The van der Waals surface area contributed by atoms with Crippen LogP contribution >= 0.6 is 11.8 Å². The van der Waals surface area contributed by atoms with Crippen LogP contribution in [0.3, 0.4) is 0 Å². The number of carbonyl (C=O) groups is 4. The maximum absolute atomic E-state index is 13.4. The maximum atomic E-state index is 13.4. The predicted octanol–water partition coefficient (Wildman–Crippen LogP) is 0.749. The molecular formula is C25H19N3O10S. The van der Waals surface area contributed by atoms with Crippen LogP contribution in [0, 0.1) is 0 Å². The van der Waals surface area contributed by atoms with Crippen molar-refractivity contribution in [2.24, 2.45) is 0 Å². The molecule has 0 spiro atoms. The minimum Gasteiger partial charge on any atom is -0.508 e. The van der Waals surface area contributed by atoms with E-state index in [0.717, 1.165) is 23.3 Å². The number of nitrogens with zero attached hydrogens (tertiary/aromatic N) is 1. The molecule has 0 saturated carbocycles. The lowest BCUT2D eigenvalue weighted by molar-refractivity contribution is -0.150. The standard InChI is InChI=1S/C25H19N3O10S/c29-11-3-1-10(2-4-11)18(22(34)27-19-23(35)28-14(25(36)37)5-6-39-24(19)28)26-21(33)13-9-38-17-8-16(31)15(30)7-12(17)20(13)32/h1-5,7-9,18-19,24,29-31H,6H2,(H,26,33)(H,27,34)(H,36,37)/t18?,19-,24+/m1/s1. The minimum absolute atomic E-state index is 0.0903. The lowest BCUT2D eigenvalue weighted by Crippen LogP contribution is -2.70. The number of β-lactam (4-membered cyclic amide) rings is 1. The molecule has 3 atom stereocenters. The Balaban J connectivity index is 1.42. The van der Waals surface area contributed by atoms with Gasteiger partial charge in [-0.2, -0.15) is 0 Å². The molecule has 2 aromatic carbocycles. The lowest BCUT2D eigenvalue weighted by Gasteiger charge is -2.48. The van der Waals surface area contributed by atoms with Crippen LogP contribution in [0.1, 0.15) is 22.0 Å². The van der Waals surface area contributed by atoms with Crippen molar-refractivity contribution in [2.75, 3.05) is 5.75 Å². The summed E-state index contributed by atoms with van der Waals surface area (Å²) in [6.45, 7) is 0. The molecule has 2 aliphatic heterocycles. The first-order valence-electron chi connectivity index (χ1n) is 11.3. The second-order valence-corrected chi connectivity index (χ2v) is 9.78. The van der Waals surface area contributed by atoms with Crippen molar-refractivity contribution >= 4 is 46.4 Å². The average Bonchev–Trinajstić information content (AvgIpc) is 2.91. The quantitative estimate of drug-likeness (QED) is 0.185. The minimum atomic E-state index is -1.44.